The number of hydrogen-bond acceptors (Lipinski definition) is 6. The summed E-state index contributed by atoms with van der Waals surface area (Å²) in [5, 5.41) is 5.76. The summed E-state index contributed by atoms with van der Waals surface area (Å²) in [6.45, 7) is -0.447. The van der Waals surface area contributed by atoms with Crippen molar-refractivity contribution in [3.63, 3.8) is 0 Å². The van der Waals surface area contributed by atoms with Gasteiger partial charge in [-0.25, -0.2) is 9.59 Å². The van der Waals surface area contributed by atoms with Crippen molar-refractivity contribution in [1.82, 2.24) is 0 Å². The molecule has 3 aromatic carbocycles. The van der Waals surface area contributed by atoms with Crippen LogP contribution in [-0.4, -0.2) is 31.6 Å². The van der Waals surface area contributed by atoms with Gasteiger partial charge in [-0.2, -0.15) is 0 Å². The molecule has 3 aromatic rings. The number of methoxy groups -OCH3 is 1. The van der Waals surface area contributed by atoms with Crippen LogP contribution in [0.4, 0.5) is 17.1 Å². The molecule has 0 saturated heterocycles. The number of amides is 1. The second-order valence-corrected chi connectivity index (χ2v) is 6.23. The summed E-state index contributed by atoms with van der Waals surface area (Å²) >= 11 is 0. The Labute approximate surface area is 173 Å². The quantitative estimate of drug-likeness (QED) is 0.578. The molecular formula is C23H20N2O5. The van der Waals surface area contributed by atoms with Crippen LogP contribution < -0.4 is 10.6 Å². The molecule has 1 amide bonds. The third-order valence-electron chi connectivity index (χ3n) is 4.12. The van der Waals surface area contributed by atoms with Crippen LogP contribution in [0.5, 0.6) is 0 Å². The first-order chi connectivity index (χ1) is 14.6. The number of ether oxygens (including phenoxy) is 2. The lowest BCUT2D eigenvalue weighted by molar-refractivity contribution is -0.119. The van der Waals surface area contributed by atoms with E-state index in [1.807, 2.05) is 30.3 Å². The van der Waals surface area contributed by atoms with Crippen molar-refractivity contribution < 1.29 is 23.9 Å². The number of rotatable bonds is 7. The van der Waals surface area contributed by atoms with Gasteiger partial charge in [-0.15, -0.1) is 0 Å². The van der Waals surface area contributed by atoms with Gasteiger partial charge >= 0.3 is 11.9 Å². The van der Waals surface area contributed by atoms with Gasteiger partial charge < -0.3 is 20.1 Å². The van der Waals surface area contributed by atoms with E-state index in [4.69, 9.17) is 4.74 Å². The Morgan fingerprint density at radius 3 is 2.13 bits per heavy atom. The van der Waals surface area contributed by atoms with Crippen LogP contribution in [-0.2, 0) is 14.3 Å². The Bertz CT molecular complexity index is 1030. The maximum Gasteiger partial charge on any atom is 0.340 e. The fourth-order valence-electron chi connectivity index (χ4n) is 2.66. The van der Waals surface area contributed by atoms with Gasteiger partial charge in [0.15, 0.2) is 6.61 Å². The van der Waals surface area contributed by atoms with Crippen LogP contribution in [0.25, 0.3) is 0 Å². The monoisotopic (exact) mass is 404 g/mol. The topological polar surface area (TPSA) is 93.7 Å². The zero-order valence-electron chi connectivity index (χ0n) is 16.3. The summed E-state index contributed by atoms with van der Waals surface area (Å²) in [6.07, 6.45) is 0. The molecule has 0 heterocycles. The van der Waals surface area contributed by atoms with E-state index in [0.29, 0.717) is 22.5 Å². The van der Waals surface area contributed by atoms with Crippen LogP contribution in [0.1, 0.15) is 20.7 Å². The zero-order chi connectivity index (χ0) is 21.3. The van der Waals surface area contributed by atoms with Crippen molar-refractivity contribution in [3.05, 3.63) is 90.0 Å². The van der Waals surface area contributed by atoms with Gasteiger partial charge in [0.1, 0.15) is 0 Å². The standard InChI is InChI=1S/C23H20N2O5/c1-29-22(27)16-11-13-18(14-12-16)25-21(26)15-30-23(28)19-9-5-6-10-20(19)24-17-7-3-2-4-8-17/h2-14,24H,15H2,1H3,(H,25,26). The largest absolute Gasteiger partial charge is 0.465 e. The molecule has 0 radical (unpaired) electrons. The number of benzene rings is 3. The van der Waals surface area contributed by atoms with Gasteiger partial charge in [0, 0.05) is 11.4 Å². The highest BCUT2D eigenvalue weighted by Gasteiger charge is 2.15. The van der Waals surface area contributed by atoms with Crippen LogP contribution in [0.2, 0.25) is 0 Å². The average Bonchev–Trinajstić information content (AvgIpc) is 2.78. The highest BCUT2D eigenvalue weighted by Crippen LogP contribution is 2.21. The minimum atomic E-state index is -0.620. The van der Waals surface area contributed by atoms with E-state index in [0.717, 1.165) is 5.69 Å². The molecule has 0 bridgehead atoms. The first-order valence-electron chi connectivity index (χ1n) is 9.13. The predicted octanol–water partition coefficient (Wildman–Crippen LogP) is 4.01. The van der Waals surface area contributed by atoms with E-state index in [9.17, 15) is 14.4 Å². The molecule has 0 aliphatic carbocycles. The third-order valence-corrected chi connectivity index (χ3v) is 4.12. The van der Waals surface area contributed by atoms with Crippen molar-refractivity contribution in [2.75, 3.05) is 24.4 Å². The molecule has 0 aliphatic rings. The molecule has 7 heteroatoms. The Kier molecular flexibility index (Phi) is 6.78. The molecule has 0 unspecified atom stereocenters. The van der Waals surface area contributed by atoms with E-state index in [2.05, 4.69) is 15.4 Å². The van der Waals surface area contributed by atoms with Crippen molar-refractivity contribution in [2.45, 2.75) is 0 Å². The number of para-hydroxylation sites is 2. The number of anilines is 3. The smallest absolute Gasteiger partial charge is 0.340 e. The van der Waals surface area contributed by atoms with E-state index in [1.165, 1.54) is 19.2 Å². The first-order valence-corrected chi connectivity index (χ1v) is 9.13. The summed E-state index contributed by atoms with van der Waals surface area (Å²) < 4.78 is 9.78. The van der Waals surface area contributed by atoms with Crippen LogP contribution in [0.3, 0.4) is 0 Å². The second-order valence-electron chi connectivity index (χ2n) is 6.23. The van der Waals surface area contributed by atoms with E-state index in [-0.39, 0.29) is 0 Å². The van der Waals surface area contributed by atoms with Crippen LogP contribution in [0, 0.1) is 0 Å². The Hall–Kier alpha value is -4.13. The molecule has 0 aromatic heterocycles. The van der Waals surface area contributed by atoms with Crippen LogP contribution in [0.15, 0.2) is 78.9 Å². The number of carbonyl (C=O) groups excluding carboxylic acids is 3. The van der Waals surface area contributed by atoms with Gasteiger partial charge in [-0.1, -0.05) is 30.3 Å². The summed E-state index contributed by atoms with van der Waals surface area (Å²) in [6, 6.07) is 22.5. The molecule has 152 valence electrons. The molecule has 30 heavy (non-hydrogen) atoms. The molecular weight excluding hydrogens is 384 g/mol. The molecule has 0 saturated carbocycles. The second kappa shape index (κ2) is 9.88. The lowest BCUT2D eigenvalue weighted by Gasteiger charge is -2.12. The molecule has 0 atom stereocenters. The average molecular weight is 404 g/mol. The van der Waals surface area contributed by atoms with Crippen molar-refractivity contribution in [1.29, 1.82) is 0 Å². The Balaban J connectivity index is 1.58. The van der Waals surface area contributed by atoms with Crippen molar-refractivity contribution >= 4 is 34.9 Å². The highest BCUT2D eigenvalue weighted by atomic mass is 16.5. The maximum absolute atomic E-state index is 12.5. The zero-order valence-corrected chi connectivity index (χ0v) is 16.3. The number of hydrogen-bond donors (Lipinski definition) is 2. The van der Waals surface area contributed by atoms with E-state index >= 15 is 0 Å². The van der Waals surface area contributed by atoms with Crippen LogP contribution >= 0.6 is 0 Å². The lowest BCUT2D eigenvalue weighted by atomic mass is 10.1. The molecule has 2 N–H and O–H groups in total. The minimum Gasteiger partial charge on any atom is -0.465 e. The lowest BCUT2D eigenvalue weighted by Crippen LogP contribution is -2.21. The normalized spacial score (nSPS) is 10.0. The van der Waals surface area contributed by atoms with Crippen molar-refractivity contribution in [2.24, 2.45) is 0 Å². The molecule has 0 aliphatic heterocycles. The van der Waals surface area contributed by atoms with E-state index < -0.39 is 24.5 Å². The first kappa shape index (κ1) is 20.6. The Morgan fingerprint density at radius 2 is 1.43 bits per heavy atom. The molecule has 0 spiro atoms. The van der Waals surface area contributed by atoms with Gasteiger partial charge in [0.05, 0.1) is 23.9 Å². The predicted molar refractivity (Wildman–Crippen MR) is 113 cm³/mol. The van der Waals surface area contributed by atoms with Gasteiger partial charge in [0.25, 0.3) is 5.91 Å². The van der Waals surface area contributed by atoms with Crippen molar-refractivity contribution in [3.8, 4) is 0 Å². The summed E-state index contributed by atoms with van der Waals surface area (Å²) in [5.74, 6) is -1.59. The fourth-order valence-corrected chi connectivity index (χ4v) is 2.66. The van der Waals surface area contributed by atoms with Gasteiger partial charge in [0.2, 0.25) is 0 Å². The number of nitrogens with one attached hydrogen (secondary N) is 2. The molecule has 0 fully saturated rings. The molecule has 7 nitrogen and oxygen atoms in total. The fraction of sp³-hybridized carbons (Fsp3) is 0.0870. The summed E-state index contributed by atoms with van der Waals surface area (Å²) in [7, 11) is 1.29. The van der Waals surface area contributed by atoms with E-state index in [1.54, 1.807) is 36.4 Å². The third kappa shape index (κ3) is 5.45. The summed E-state index contributed by atoms with van der Waals surface area (Å²) in [5.41, 5.74) is 2.55. The maximum atomic E-state index is 12.5. The SMILES string of the molecule is COC(=O)c1ccc(NC(=O)COC(=O)c2ccccc2Nc2ccccc2)cc1. The highest BCUT2D eigenvalue weighted by molar-refractivity contribution is 5.99. The number of carbonyl (C=O) groups is 3. The van der Waals surface area contributed by atoms with Gasteiger partial charge in [-0.05, 0) is 48.5 Å². The Morgan fingerprint density at radius 1 is 0.767 bits per heavy atom. The molecule has 3 rings (SSSR count). The minimum absolute atomic E-state index is 0.316. The van der Waals surface area contributed by atoms with Gasteiger partial charge in [-0.3, -0.25) is 4.79 Å². The number of esters is 2. The summed E-state index contributed by atoms with van der Waals surface area (Å²) in [4.78, 5) is 36.0.